The topological polar surface area (TPSA) is 58.2 Å². The lowest BCUT2D eigenvalue weighted by molar-refractivity contribution is 0.0937. The average Bonchev–Trinajstić information content (AvgIpc) is 2.44. The van der Waals surface area contributed by atoms with Crippen LogP contribution in [0.4, 0.5) is 0 Å². The van der Waals surface area contributed by atoms with Crippen LogP contribution in [0, 0.1) is 10.8 Å². The lowest BCUT2D eigenvalue weighted by Gasteiger charge is -2.18. The lowest BCUT2D eigenvalue weighted by Crippen LogP contribution is -2.28. The summed E-state index contributed by atoms with van der Waals surface area (Å²) in [5.41, 5.74) is 1.55. The number of benzene rings is 1. The third-order valence-electron chi connectivity index (χ3n) is 3.73. The van der Waals surface area contributed by atoms with Gasteiger partial charge in [-0.1, -0.05) is 41.5 Å². The molecule has 0 aliphatic rings. The zero-order valence-electron chi connectivity index (χ0n) is 16.0. The van der Waals surface area contributed by atoms with Gasteiger partial charge in [0.15, 0.2) is 0 Å². The third-order valence-corrected chi connectivity index (χ3v) is 3.73. The SMILES string of the molecule is CC(C)(C)CCNC(=O)c1ccc(C(=O)NCCC(C)(C)C)cc1. The van der Waals surface area contributed by atoms with E-state index in [2.05, 4.69) is 52.2 Å². The van der Waals surface area contributed by atoms with Crippen molar-refractivity contribution in [3.05, 3.63) is 35.4 Å². The molecule has 2 N–H and O–H groups in total. The van der Waals surface area contributed by atoms with Gasteiger partial charge in [0, 0.05) is 24.2 Å². The van der Waals surface area contributed by atoms with Crippen molar-refractivity contribution in [1.82, 2.24) is 10.6 Å². The molecule has 0 atom stereocenters. The number of rotatable bonds is 6. The summed E-state index contributed by atoms with van der Waals surface area (Å²) in [6.07, 6.45) is 1.85. The fourth-order valence-corrected chi connectivity index (χ4v) is 2.08. The first-order valence-electron chi connectivity index (χ1n) is 8.64. The van der Waals surface area contributed by atoms with Gasteiger partial charge in [0.1, 0.15) is 0 Å². The maximum absolute atomic E-state index is 12.1. The molecule has 134 valence electrons. The molecule has 24 heavy (non-hydrogen) atoms. The first-order chi connectivity index (χ1) is 11.0. The zero-order valence-corrected chi connectivity index (χ0v) is 16.0. The number of nitrogens with one attached hydrogen (secondary N) is 2. The number of hydrogen-bond donors (Lipinski definition) is 2. The van der Waals surface area contributed by atoms with Gasteiger partial charge in [-0.05, 0) is 47.9 Å². The Kier molecular flexibility index (Phi) is 7.00. The van der Waals surface area contributed by atoms with Crippen molar-refractivity contribution in [3.8, 4) is 0 Å². The smallest absolute Gasteiger partial charge is 0.251 e. The second kappa shape index (κ2) is 8.32. The molecule has 0 spiro atoms. The van der Waals surface area contributed by atoms with Gasteiger partial charge in [0.25, 0.3) is 11.8 Å². The summed E-state index contributed by atoms with van der Waals surface area (Å²) in [4.78, 5) is 24.2. The van der Waals surface area contributed by atoms with Crippen LogP contribution in [-0.4, -0.2) is 24.9 Å². The molecule has 0 bridgehead atoms. The van der Waals surface area contributed by atoms with Crippen LogP contribution in [0.5, 0.6) is 0 Å². The van der Waals surface area contributed by atoms with E-state index in [0.717, 1.165) is 12.8 Å². The summed E-state index contributed by atoms with van der Waals surface area (Å²) in [6.45, 7) is 14.2. The van der Waals surface area contributed by atoms with E-state index in [-0.39, 0.29) is 22.6 Å². The summed E-state index contributed by atoms with van der Waals surface area (Å²) < 4.78 is 0. The second-order valence-corrected chi connectivity index (χ2v) is 8.71. The summed E-state index contributed by atoms with van der Waals surface area (Å²) in [5.74, 6) is -0.196. The second-order valence-electron chi connectivity index (χ2n) is 8.71. The zero-order chi connectivity index (χ0) is 18.4. The molecule has 0 unspecified atom stereocenters. The van der Waals surface area contributed by atoms with Gasteiger partial charge in [-0.15, -0.1) is 0 Å². The number of carbonyl (C=O) groups excluding carboxylic acids is 2. The van der Waals surface area contributed by atoms with E-state index in [1.54, 1.807) is 24.3 Å². The molecule has 0 fully saturated rings. The Labute approximate surface area is 146 Å². The van der Waals surface area contributed by atoms with Gasteiger partial charge >= 0.3 is 0 Å². The fourth-order valence-electron chi connectivity index (χ4n) is 2.08. The molecule has 2 amide bonds. The van der Waals surface area contributed by atoms with Crippen LogP contribution in [0.2, 0.25) is 0 Å². The first kappa shape index (κ1) is 20.2. The molecule has 0 aliphatic carbocycles. The molecule has 0 aromatic heterocycles. The average molecular weight is 332 g/mol. The Morgan fingerprint density at radius 3 is 1.25 bits per heavy atom. The normalized spacial score (nSPS) is 11.9. The van der Waals surface area contributed by atoms with Crippen LogP contribution in [0.25, 0.3) is 0 Å². The van der Waals surface area contributed by atoms with Crippen molar-refractivity contribution in [1.29, 1.82) is 0 Å². The van der Waals surface area contributed by atoms with Crippen molar-refractivity contribution in [2.45, 2.75) is 54.4 Å². The van der Waals surface area contributed by atoms with E-state index < -0.39 is 0 Å². The van der Waals surface area contributed by atoms with Gasteiger partial charge in [-0.25, -0.2) is 0 Å². The fraction of sp³-hybridized carbons (Fsp3) is 0.600. The van der Waals surface area contributed by atoms with Gasteiger partial charge < -0.3 is 10.6 Å². The summed E-state index contributed by atoms with van der Waals surface area (Å²) >= 11 is 0. The van der Waals surface area contributed by atoms with Crippen LogP contribution >= 0.6 is 0 Å². The number of carbonyl (C=O) groups is 2. The van der Waals surface area contributed by atoms with E-state index in [0.29, 0.717) is 24.2 Å². The molecule has 0 heterocycles. The van der Waals surface area contributed by atoms with Crippen LogP contribution in [0.3, 0.4) is 0 Å². The highest BCUT2D eigenvalue weighted by Gasteiger charge is 2.13. The van der Waals surface area contributed by atoms with E-state index in [1.807, 2.05) is 0 Å². The van der Waals surface area contributed by atoms with Gasteiger partial charge in [0.05, 0.1) is 0 Å². The minimum atomic E-state index is -0.0982. The van der Waals surface area contributed by atoms with Crippen LogP contribution in [0.1, 0.15) is 75.1 Å². The Morgan fingerprint density at radius 2 is 1.00 bits per heavy atom. The highest BCUT2D eigenvalue weighted by Crippen LogP contribution is 2.18. The van der Waals surface area contributed by atoms with E-state index in [9.17, 15) is 9.59 Å². The van der Waals surface area contributed by atoms with Crippen molar-refractivity contribution >= 4 is 11.8 Å². The molecular weight excluding hydrogens is 300 g/mol. The Balaban J connectivity index is 2.50. The Bertz CT molecular complexity index is 497. The van der Waals surface area contributed by atoms with Crippen LogP contribution < -0.4 is 10.6 Å². The molecule has 0 radical (unpaired) electrons. The number of hydrogen-bond acceptors (Lipinski definition) is 2. The largest absolute Gasteiger partial charge is 0.352 e. The minimum absolute atomic E-state index is 0.0982. The van der Waals surface area contributed by atoms with Crippen molar-refractivity contribution in [2.24, 2.45) is 10.8 Å². The standard InChI is InChI=1S/C20H32N2O2/c1-19(2,3)11-13-21-17(23)15-7-9-16(10-8-15)18(24)22-14-12-20(4,5)6/h7-10H,11-14H2,1-6H3,(H,21,23)(H,22,24). The van der Waals surface area contributed by atoms with Crippen LogP contribution in [0.15, 0.2) is 24.3 Å². The van der Waals surface area contributed by atoms with Crippen molar-refractivity contribution < 1.29 is 9.59 Å². The monoisotopic (exact) mass is 332 g/mol. The molecule has 4 nitrogen and oxygen atoms in total. The first-order valence-corrected chi connectivity index (χ1v) is 8.64. The maximum Gasteiger partial charge on any atom is 0.251 e. The van der Waals surface area contributed by atoms with E-state index in [1.165, 1.54) is 0 Å². The number of amides is 2. The van der Waals surface area contributed by atoms with Crippen molar-refractivity contribution in [3.63, 3.8) is 0 Å². The van der Waals surface area contributed by atoms with Gasteiger partial charge in [-0.3, -0.25) is 9.59 Å². The molecule has 0 aliphatic heterocycles. The molecule has 1 aromatic carbocycles. The lowest BCUT2D eigenvalue weighted by atomic mass is 9.92. The summed E-state index contributed by atoms with van der Waals surface area (Å²) in [6, 6.07) is 6.80. The molecule has 4 heteroatoms. The molecule has 1 rings (SSSR count). The maximum atomic E-state index is 12.1. The molecule has 0 saturated heterocycles. The van der Waals surface area contributed by atoms with Gasteiger partial charge in [-0.2, -0.15) is 0 Å². The molecule has 0 saturated carbocycles. The molecular formula is C20H32N2O2. The third kappa shape index (κ3) is 8.14. The minimum Gasteiger partial charge on any atom is -0.352 e. The molecule has 1 aromatic rings. The Hall–Kier alpha value is -1.84. The Morgan fingerprint density at radius 1 is 0.708 bits per heavy atom. The summed E-state index contributed by atoms with van der Waals surface area (Å²) in [5, 5.41) is 5.83. The predicted octanol–water partition coefficient (Wildman–Crippen LogP) is 4.02. The highest BCUT2D eigenvalue weighted by atomic mass is 16.2. The predicted molar refractivity (Wildman–Crippen MR) is 99.3 cm³/mol. The quantitative estimate of drug-likeness (QED) is 0.826. The van der Waals surface area contributed by atoms with Gasteiger partial charge in [0.2, 0.25) is 0 Å². The van der Waals surface area contributed by atoms with E-state index >= 15 is 0 Å². The highest BCUT2D eigenvalue weighted by molar-refractivity contribution is 5.97. The van der Waals surface area contributed by atoms with Crippen molar-refractivity contribution in [2.75, 3.05) is 13.1 Å². The van der Waals surface area contributed by atoms with E-state index in [4.69, 9.17) is 0 Å². The van der Waals surface area contributed by atoms with Crippen LogP contribution in [-0.2, 0) is 0 Å². The summed E-state index contributed by atoms with van der Waals surface area (Å²) in [7, 11) is 0.